The number of carboxylic acid groups (broad SMARTS) is 1. The van der Waals surface area contributed by atoms with E-state index in [0.717, 1.165) is 5.57 Å². The molecule has 2 heterocycles. The Balaban J connectivity index is 1.71. The number of carbonyl (C=O) groups excluding carboxylic acids is 1. The predicted octanol–water partition coefficient (Wildman–Crippen LogP) is 3.64. The summed E-state index contributed by atoms with van der Waals surface area (Å²) in [5, 5.41) is 39.2. The fourth-order valence-electron chi connectivity index (χ4n) is 3.62. The SMILES string of the molecule is C/C(=C\Cc1c(O)cc2c(c1O)CN(Cc1ccc(CO)o1)C2=O)CC/C=C(\C)C(=O)O. The van der Waals surface area contributed by atoms with E-state index in [0.29, 0.717) is 41.1 Å². The van der Waals surface area contributed by atoms with Gasteiger partial charge in [-0.1, -0.05) is 17.7 Å². The lowest BCUT2D eigenvalue weighted by Gasteiger charge is -2.13. The van der Waals surface area contributed by atoms with Crippen molar-refractivity contribution >= 4 is 11.9 Å². The number of aliphatic hydroxyl groups is 1. The average Bonchev–Trinajstić information content (AvgIpc) is 3.33. The van der Waals surface area contributed by atoms with Gasteiger partial charge in [-0.2, -0.15) is 0 Å². The van der Waals surface area contributed by atoms with Crippen molar-refractivity contribution in [1.82, 2.24) is 4.90 Å². The maximum absolute atomic E-state index is 12.7. The zero-order chi connectivity index (χ0) is 23.4. The van der Waals surface area contributed by atoms with Crippen LogP contribution >= 0.6 is 0 Å². The van der Waals surface area contributed by atoms with Crippen molar-refractivity contribution in [1.29, 1.82) is 0 Å². The third kappa shape index (κ3) is 5.03. The Morgan fingerprint density at radius 3 is 2.56 bits per heavy atom. The Labute approximate surface area is 185 Å². The summed E-state index contributed by atoms with van der Waals surface area (Å²) in [6.45, 7) is 3.59. The van der Waals surface area contributed by atoms with Crippen molar-refractivity contribution < 1.29 is 34.4 Å². The standard InChI is InChI=1S/C24H27NO7/c1-14(4-3-5-15(2)24(30)31)6-9-18-21(27)10-19-20(22(18)28)12-25(23(19)29)11-16-7-8-17(13-26)32-16/h5-8,10,26-28H,3-4,9,11-13H2,1-2H3,(H,30,31)/b14-6+,15-5+. The minimum Gasteiger partial charge on any atom is -0.507 e. The number of aromatic hydroxyl groups is 2. The number of furan rings is 1. The monoisotopic (exact) mass is 441 g/mol. The number of phenols is 2. The van der Waals surface area contributed by atoms with E-state index in [4.69, 9.17) is 14.6 Å². The summed E-state index contributed by atoms with van der Waals surface area (Å²) in [5.74, 6) is -0.581. The van der Waals surface area contributed by atoms with Gasteiger partial charge < -0.3 is 29.7 Å². The molecule has 0 saturated carbocycles. The Morgan fingerprint density at radius 2 is 1.91 bits per heavy atom. The fraction of sp³-hybridized carbons (Fsp3) is 0.333. The van der Waals surface area contributed by atoms with Gasteiger partial charge >= 0.3 is 5.97 Å². The molecule has 1 aliphatic heterocycles. The molecule has 2 aromatic rings. The highest BCUT2D eigenvalue weighted by molar-refractivity contribution is 5.99. The summed E-state index contributed by atoms with van der Waals surface area (Å²) < 4.78 is 5.44. The Kier molecular flexibility index (Phi) is 7.05. The number of aliphatic hydroxyl groups excluding tert-OH is 1. The highest BCUT2D eigenvalue weighted by Gasteiger charge is 2.32. The molecule has 0 radical (unpaired) electrons. The van der Waals surface area contributed by atoms with Crippen LogP contribution in [0.1, 0.15) is 59.7 Å². The third-order valence-corrected chi connectivity index (χ3v) is 5.55. The van der Waals surface area contributed by atoms with Crippen molar-refractivity contribution in [3.63, 3.8) is 0 Å². The van der Waals surface area contributed by atoms with Crippen molar-refractivity contribution in [3.8, 4) is 11.5 Å². The normalized spacial score (nSPS) is 14.2. The third-order valence-electron chi connectivity index (χ3n) is 5.55. The second-order valence-electron chi connectivity index (χ2n) is 7.92. The maximum Gasteiger partial charge on any atom is 0.330 e. The summed E-state index contributed by atoms with van der Waals surface area (Å²) in [7, 11) is 0. The minimum atomic E-state index is -0.941. The first-order chi connectivity index (χ1) is 15.2. The molecule has 0 saturated heterocycles. The van der Waals surface area contributed by atoms with Gasteiger partial charge in [0.2, 0.25) is 0 Å². The van der Waals surface area contributed by atoms with E-state index >= 15 is 0 Å². The van der Waals surface area contributed by atoms with Gasteiger partial charge in [-0.15, -0.1) is 0 Å². The van der Waals surface area contributed by atoms with Crippen LogP contribution in [-0.4, -0.2) is 37.2 Å². The molecule has 170 valence electrons. The van der Waals surface area contributed by atoms with Crippen LogP contribution in [0.4, 0.5) is 0 Å². The number of hydrogen-bond acceptors (Lipinski definition) is 6. The minimum absolute atomic E-state index is 0.1000. The summed E-state index contributed by atoms with van der Waals surface area (Å²) in [5.41, 5.74) is 2.35. The number of hydrogen-bond donors (Lipinski definition) is 4. The molecule has 0 aliphatic carbocycles. The molecule has 0 spiro atoms. The molecule has 8 nitrogen and oxygen atoms in total. The van der Waals surface area contributed by atoms with Gasteiger partial charge in [0.15, 0.2) is 0 Å². The number of nitrogens with zero attached hydrogens (tertiary/aromatic N) is 1. The predicted molar refractivity (Wildman–Crippen MR) is 116 cm³/mol. The maximum atomic E-state index is 12.7. The van der Waals surface area contributed by atoms with Gasteiger partial charge in [-0.3, -0.25) is 4.79 Å². The summed E-state index contributed by atoms with van der Waals surface area (Å²) in [4.78, 5) is 25.1. The molecule has 0 fully saturated rings. The number of allylic oxidation sites excluding steroid dienone is 3. The van der Waals surface area contributed by atoms with E-state index in [1.807, 2.05) is 13.0 Å². The number of rotatable bonds is 9. The molecule has 1 aromatic carbocycles. The molecule has 0 bridgehead atoms. The topological polar surface area (TPSA) is 131 Å². The number of fused-ring (bicyclic) bond motifs is 1. The van der Waals surface area contributed by atoms with Crippen LogP contribution in [0.15, 0.2) is 45.9 Å². The van der Waals surface area contributed by atoms with Crippen molar-refractivity contribution in [3.05, 3.63) is 69.7 Å². The summed E-state index contributed by atoms with van der Waals surface area (Å²) in [6, 6.07) is 4.71. The molecule has 1 aromatic heterocycles. The molecule has 32 heavy (non-hydrogen) atoms. The second kappa shape index (κ2) is 9.74. The van der Waals surface area contributed by atoms with Gasteiger partial charge in [0.1, 0.15) is 29.6 Å². The highest BCUT2D eigenvalue weighted by Crippen LogP contribution is 2.39. The van der Waals surface area contributed by atoms with E-state index in [-0.39, 0.29) is 49.1 Å². The number of benzene rings is 1. The number of phenolic OH excluding ortho intramolecular Hbond substituents is 2. The van der Waals surface area contributed by atoms with Crippen LogP contribution in [0, 0.1) is 0 Å². The average molecular weight is 441 g/mol. The molecule has 0 atom stereocenters. The number of aliphatic carboxylic acids is 1. The fourth-order valence-corrected chi connectivity index (χ4v) is 3.62. The van der Waals surface area contributed by atoms with Crippen LogP contribution in [0.25, 0.3) is 0 Å². The Hall–Kier alpha value is -3.52. The lowest BCUT2D eigenvalue weighted by Crippen LogP contribution is -2.22. The van der Waals surface area contributed by atoms with Crippen molar-refractivity contribution in [2.24, 2.45) is 0 Å². The zero-order valence-electron chi connectivity index (χ0n) is 18.1. The van der Waals surface area contributed by atoms with E-state index in [9.17, 15) is 19.8 Å². The molecule has 1 amide bonds. The number of carbonyl (C=O) groups is 2. The second-order valence-corrected chi connectivity index (χ2v) is 7.92. The van der Waals surface area contributed by atoms with E-state index in [1.54, 1.807) is 25.1 Å². The highest BCUT2D eigenvalue weighted by atomic mass is 16.4. The van der Waals surface area contributed by atoms with Crippen molar-refractivity contribution in [2.75, 3.05) is 0 Å². The number of amides is 1. The Morgan fingerprint density at radius 1 is 1.19 bits per heavy atom. The zero-order valence-corrected chi connectivity index (χ0v) is 18.1. The molecular formula is C24H27NO7. The first-order valence-corrected chi connectivity index (χ1v) is 10.3. The van der Waals surface area contributed by atoms with Crippen LogP contribution in [0.3, 0.4) is 0 Å². The summed E-state index contributed by atoms with van der Waals surface area (Å²) >= 11 is 0. The first-order valence-electron chi connectivity index (χ1n) is 10.3. The van der Waals surface area contributed by atoms with Crippen LogP contribution in [-0.2, 0) is 30.9 Å². The molecule has 3 rings (SSSR count). The molecule has 4 N–H and O–H groups in total. The van der Waals surface area contributed by atoms with Crippen LogP contribution in [0.5, 0.6) is 11.5 Å². The van der Waals surface area contributed by atoms with Gasteiger partial charge in [-0.05, 0) is 51.3 Å². The number of carboxylic acids is 1. The quantitative estimate of drug-likeness (QED) is 0.345. The van der Waals surface area contributed by atoms with Crippen molar-refractivity contribution in [2.45, 2.75) is 52.8 Å². The van der Waals surface area contributed by atoms with E-state index in [2.05, 4.69) is 0 Å². The van der Waals surface area contributed by atoms with Gasteiger partial charge in [-0.25, -0.2) is 4.79 Å². The lowest BCUT2D eigenvalue weighted by molar-refractivity contribution is -0.132. The van der Waals surface area contributed by atoms with Gasteiger partial charge in [0.05, 0.1) is 18.7 Å². The molecule has 8 heteroatoms. The first kappa shape index (κ1) is 23.1. The molecule has 0 unspecified atom stereocenters. The lowest BCUT2D eigenvalue weighted by atomic mass is 9.99. The molecule has 1 aliphatic rings. The van der Waals surface area contributed by atoms with Gasteiger partial charge in [0.25, 0.3) is 5.91 Å². The largest absolute Gasteiger partial charge is 0.507 e. The van der Waals surface area contributed by atoms with Crippen LogP contribution < -0.4 is 0 Å². The van der Waals surface area contributed by atoms with Gasteiger partial charge in [0, 0.05) is 16.7 Å². The molecular weight excluding hydrogens is 414 g/mol. The van der Waals surface area contributed by atoms with E-state index < -0.39 is 5.97 Å². The smallest absolute Gasteiger partial charge is 0.330 e. The van der Waals surface area contributed by atoms with E-state index in [1.165, 1.54) is 11.0 Å². The Bertz CT molecular complexity index is 1090. The van der Waals surface area contributed by atoms with Crippen LogP contribution in [0.2, 0.25) is 0 Å². The summed E-state index contributed by atoms with van der Waals surface area (Å²) in [6.07, 6.45) is 5.05.